The average molecular weight is 207 g/mol. The third-order valence-electron chi connectivity index (χ3n) is 2.03. The molecule has 0 bridgehead atoms. The van der Waals surface area contributed by atoms with E-state index in [1.54, 1.807) is 14.1 Å². The van der Waals surface area contributed by atoms with E-state index in [9.17, 15) is 4.79 Å². The van der Waals surface area contributed by atoms with Gasteiger partial charge in [-0.15, -0.1) is 0 Å². The summed E-state index contributed by atoms with van der Waals surface area (Å²) < 4.78 is 5.10. The predicted molar refractivity (Wildman–Crippen MR) is 60.1 cm³/mol. The van der Waals surface area contributed by atoms with Crippen LogP contribution in [0.2, 0.25) is 0 Å². The Bertz CT molecular complexity index is 317. The second-order valence-corrected chi connectivity index (χ2v) is 3.66. The molecule has 1 aromatic rings. The summed E-state index contributed by atoms with van der Waals surface area (Å²) in [7, 11) is 3.32. The fraction of sp³-hybridized carbons (Fsp3) is 0.417. The van der Waals surface area contributed by atoms with Crippen LogP contribution in [-0.2, 0) is 6.42 Å². The van der Waals surface area contributed by atoms with Crippen LogP contribution in [0.25, 0.3) is 0 Å². The molecule has 15 heavy (non-hydrogen) atoms. The molecule has 0 radical (unpaired) electrons. The van der Waals surface area contributed by atoms with Gasteiger partial charge in [0.05, 0.1) is 0 Å². The second kappa shape index (κ2) is 5.39. The van der Waals surface area contributed by atoms with Crippen molar-refractivity contribution in [3.8, 4) is 5.75 Å². The van der Waals surface area contributed by atoms with Gasteiger partial charge < -0.3 is 9.64 Å². The highest BCUT2D eigenvalue weighted by Gasteiger charge is 2.05. The van der Waals surface area contributed by atoms with Gasteiger partial charge in [-0.1, -0.05) is 25.5 Å². The molecule has 0 atom stereocenters. The molecule has 0 fully saturated rings. The Morgan fingerprint density at radius 2 is 1.87 bits per heavy atom. The molecule has 1 aromatic carbocycles. The topological polar surface area (TPSA) is 29.5 Å². The Hall–Kier alpha value is -1.51. The average Bonchev–Trinajstić information content (AvgIpc) is 2.21. The maximum atomic E-state index is 11.2. The first-order valence-electron chi connectivity index (χ1n) is 5.11. The van der Waals surface area contributed by atoms with Gasteiger partial charge in [-0.3, -0.25) is 0 Å². The molecule has 0 aliphatic carbocycles. The van der Waals surface area contributed by atoms with Gasteiger partial charge in [0.25, 0.3) is 0 Å². The first-order chi connectivity index (χ1) is 7.13. The zero-order valence-corrected chi connectivity index (χ0v) is 9.49. The number of hydrogen-bond donors (Lipinski definition) is 0. The van der Waals surface area contributed by atoms with E-state index in [0.29, 0.717) is 5.75 Å². The number of carbonyl (C=O) groups is 1. The Balaban J connectivity index is 2.60. The lowest BCUT2D eigenvalue weighted by atomic mass is 10.1. The van der Waals surface area contributed by atoms with E-state index >= 15 is 0 Å². The molecule has 3 heteroatoms. The highest BCUT2D eigenvalue weighted by molar-refractivity contribution is 5.69. The zero-order chi connectivity index (χ0) is 11.3. The summed E-state index contributed by atoms with van der Waals surface area (Å²) in [6.07, 6.45) is 1.83. The van der Waals surface area contributed by atoms with E-state index in [1.807, 2.05) is 24.3 Å². The molecular formula is C12H17NO2. The van der Waals surface area contributed by atoms with Crippen molar-refractivity contribution in [1.29, 1.82) is 0 Å². The van der Waals surface area contributed by atoms with Gasteiger partial charge in [0.1, 0.15) is 5.75 Å². The van der Waals surface area contributed by atoms with Crippen LogP contribution in [0.15, 0.2) is 24.3 Å². The molecule has 0 aromatic heterocycles. The number of amides is 1. The molecule has 1 amide bonds. The molecule has 0 aliphatic rings. The molecular weight excluding hydrogens is 190 g/mol. The van der Waals surface area contributed by atoms with E-state index < -0.39 is 0 Å². The van der Waals surface area contributed by atoms with Gasteiger partial charge in [0, 0.05) is 14.1 Å². The number of hydrogen-bond acceptors (Lipinski definition) is 2. The summed E-state index contributed by atoms with van der Waals surface area (Å²) in [6.45, 7) is 2.14. The van der Waals surface area contributed by atoms with Crippen molar-refractivity contribution in [1.82, 2.24) is 4.90 Å². The number of rotatable bonds is 3. The zero-order valence-electron chi connectivity index (χ0n) is 9.49. The molecule has 0 heterocycles. The van der Waals surface area contributed by atoms with Gasteiger partial charge in [-0.25, -0.2) is 4.79 Å². The van der Waals surface area contributed by atoms with Crippen LogP contribution in [0.1, 0.15) is 18.9 Å². The van der Waals surface area contributed by atoms with Gasteiger partial charge >= 0.3 is 6.09 Å². The first kappa shape index (κ1) is 11.6. The Morgan fingerprint density at radius 1 is 1.27 bits per heavy atom. The highest BCUT2D eigenvalue weighted by Crippen LogP contribution is 2.13. The molecule has 0 saturated heterocycles. The Labute approximate surface area is 90.7 Å². The summed E-state index contributed by atoms with van der Waals surface area (Å²) in [5.41, 5.74) is 1.27. The second-order valence-electron chi connectivity index (χ2n) is 3.66. The van der Waals surface area contributed by atoms with E-state index in [-0.39, 0.29) is 6.09 Å². The van der Waals surface area contributed by atoms with Crippen LogP contribution in [0.3, 0.4) is 0 Å². The van der Waals surface area contributed by atoms with Gasteiger partial charge in [0.15, 0.2) is 0 Å². The van der Waals surface area contributed by atoms with Gasteiger partial charge in [-0.2, -0.15) is 0 Å². The quantitative estimate of drug-likeness (QED) is 0.762. The van der Waals surface area contributed by atoms with Crippen LogP contribution in [0.5, 0.6) is 5.75 Å². The third kappa shape index (κ3) is 3.62. The largest absolute Gasteiger partial charge is 0.414 e. The predicted octanol–water partition coefficient (Wildman–Crippen LogP) is 2.70. The van der Waals surface area contributed by atoms with Crippen molar-refractivity contribution >= 4 is 6.09 Å². The van der Waals surface area contributed by atoms with Crippen molar-refractivity contribution in [3.05, 3.63) is 29.8 Å². The Kier molecular flexibility index (Phi) is 4.16. The van der Waals surface area contributed by atoms with Crippen molar-refractivity contribution < 1.29 is 9.53 Å². The van der Waals surface area contributed by atoms with Crippen molar-refractivity contribution in [3.63, 3.8) is 0 Å². The fourth-order valence-corrected chi connectivity index (χ4v) is 1.20. The van der Waals surface area contributed by atoms with Crippen LogP contribution in [0.4, 0.5) is 4.79 Å². The minimum atomic E-state index is -0.349. The summed E-state index contributed by atoms with van der Waals surface area (Å²) >= 11 is 0. The standard InChI is InChI=1S/C12H17NO2/c1-4-5-10-6-8-11(9-7-10)15-12(14)13(2)3/h6-9H,4-5H2,1-3H3. The molecule has 0 spiro atoms. The molecule has 0 aliphatic heterocycles. The smallest absolute Gasteiger partial charge is 0.410 e. The Morgan fingerprint density at radius 3 is 2.33 bits per heavy atom. The molecule has 3 nitrogen and oxygen atoms in total. The van der Waals surface area contributed by atoms with Crippen LogP contribution < -0.4 is 4.74 Å². The number of carbonyl (C=O) groups excluding carboxylic acids is 1. The van der Waals surface area contributed by atoms with Crippen molar-refractivity contribution in [2.24, 2.45) is 0 Å². The maximum Gasteiger partial charge on any atom is 0.414 e. The van der Waals surface area contributed by atoms with Crippen molar-refractivity contribution in [2.45, 2.75) is 19.8 Å². The van der Waals surface area contributed by atoms with E-state index in [2.05, 4.69) is 6.92 Å². The minimum absolute atomic E-state index is 0.349. The maximum absolute atomic E-state index is 11.2. The van der Waals surface area contributed by atoms with E-state index in [0.717, 1.165) is 12.8 Å². The first-order valence-corrected chi connectivity index (χ1v) is 5.11. The molecule has 0 unspecified atom stereocenters. The monoisotopic (exact) mass is 207 g/mol. The van der Waals surface area contributed by atoms with Crippen molar-refractivity contribution in [2.75, 3.05) is 14.1 Å². The molecule has 0 saturated carbocycles. The summed E-state index contributed by atoms with van der Waals surface area (Å²) in [5, 5.41) is 0. The number of benzene rings is 1. The van der Waals surface area contributed by atoms with Gasteiger partial charge in [0.2, 0.25) is 0 Å². The molecule has 1 rings (SSSR count). The number of nitrogens with zero attached hydrogens (tertiary/aromatic N) is 1. The van der Waals surface area contributed by atoms with E-state index in [1.165, 1.54) is 10.5 Å². The molecule has 82 valence electrons. The number of ether oxygens (including phenoxy) is 1. The lowest BCUT2D eigenvalue weighted by Gasteiger charge is -2.10. The van der Waals surface area contributed by atoms with Crippen LogP contribution in [-0.4, -0.2) is 25.1 Å². The summed E-state index contributed by atoms with van der Waals surface area (Å²) in [6, 6.07) is 7.63. The normalized spacial score (nSPS) is 9.80. The number of aryl methyl sites for hydroxylation is 1. The van der Waals surface area contributed by atoms with Crippen LogP contribution in [0, 0.1) is 0 Å². The summed E-state index contributed by atoms with van der Waals surface area (Å²) in [5.74, 6) is 0.591. The summed E-state index contributed by atoms with van der Waals surface area (Å²) in [4.78, 5) is 12.6. The lowest BCUT2D eigenvalue weighted by Crippen LogP contribution is -2.25. The fourth-order valence-electron chi connectivity index (χ4n) is 1.20. The van der Waals surface area contributed by atoms with Crippen LogP contribution >= 0.6 is 0 Å². The lowest BCUT2D eigenvalue weighted by molar-refractivity contribution is 0.172. The van der Waals surface area contributed by atoms with Gasteiger partial charge in [-0.05, 0) is 24.1 Å². The third-order valence-corrected chi connectivity index (χ3v) is 2.03. The molecule has 0 N–H and O–H groups in total. The minimum Gasteiger partial charge on any atom is -0.410 e. The highest BCUT2D eigenvalue weighted by atomic mass is 16.6. The van der Waals surface area contributed by atoms with E-state index in [4.69, 9.17) is 4.74 Å². The SMILES string of the molecule is CCCc1ccc(OC(=O)N(C)C)cc1.